The Morgan fingerprint density at radius 3 is 2.23 bits per heavy atom. The topological polar surface area (TPSA) is 82.6 Å². The number of Topliss-reactive ketones (excluding diaryl/α,β-unsaturated/α-hetero) is 2. The summed E-state index contributed by atoms with van der Waals surface area (Å²) in [5.41, 5.74) is 4.77. The van der Waals surface area contributed by atoms with Gasteiger partial charge in [-0.25, -0.2) is 4.79 Å². The fraction of sp³-hybridized carbons (Fsp3) is 0.517. The lowest BCUT2D eigenvalue weighted by Crippen LogP contribution is -2.23. The van der Waals surface area contributed by atoms with Crippen LogP contribution in [-0.4, -0.2) is 29.8 Å². The molecule has 1 aromatic carbocycles. The highest BCUT2D eigenvalue weighted by Gasteiger charge is 2.26. The number of carbonyl (C=O) groups excluding carboxylic acids is 3. The Morgan fingerprint density at radius 1 is 1.03 bits per heavy atom. The third-order valence-electron chi connectivity index (χ3n) is 7.12. The summed E-state index contributed by atoms with van der Waals surface area (Å²) >= 11 is 0. The summed E-state index contributed by atoms with van der Waals surface area (Å²) in [5, 5.41) is 0. The predicted molar refractivity (Wildman–Crippen MR) is 135 cm³/mol. The van der Waals surface area contributed by atoms with Crippen molar-refractivity contribution in [2.24, 2.45) is 11.8 Å². The van der Waals surface area contributed by atoms with Gasteiger partial charge in [0.05, 0.1) is 19.2 Å². The molecule has 1 aliphatic rings. The van der Waals surface area contributed by atoms with Crippen molar-refractivity contribution in [1.82, 2.24) is 4.98 Å². The van der Waals surface area contributed by atoms with E-state index in [4.69, 9.17) is 14.5 Å². The first-order chi connectivity index (χ1) is 16.6. The first kappa shape index (κ1) is 26.6. The molecule has 6 heteroatoms. The zero-order valence-corrected chi connectivity index (χ0v) is 21.8. The standard InChI is InChI=1S/C29H37NO5/c1-17(2)27-24(28(35-29(33)34-6)19(4)20(5)30-27)15-21-9-13-23(14-10-21)26(32)16-25(31)22-11-7-18(3)8-12-22/h9-10,13-14,17-18,22H,7-8,11-12,15-16H2,1-6H3. The maximum absolute atomic E-state index is 12.8. The van der Waals surface area contributed by atoms with Gasteiger partial charge in [0.15, 0.2) is 5.78 Å². The van der Waals surface area contributed by atoms with Crippen LogP contribution in [0.1, 0.15) is 97.2 Å². The number of ether oxygens (including phenoxy) is 2. The van der Waals surface area contributed by atoms with Gasteiger partial charge in [-0.05, 0) is 44.1 Å². The number of carbonyl (C=O) groups is 3. The molecule has 0 unspecified atom stereocenters. The first-order valence-corrected chi connectivity index (χ1v) is 12.5. The molecule has 1 aromatic heterocycles. The third kappa shape index (κ3) is 6.56. The van der Waals surface area contributed by atoms with Crippen LogP contribution in [0.4, 0.5) is 4.79 Å². The van der Waals surface area contributed by atoms with Crippen molar-refractivity contribution < 1.29 is 23.9 Å². The summed E-state index contributed by atoms with van der Waals surface area (Å²) in [6, 6.07) is 7.33. The molecule has 35 heavy (non-hydrogen) atoms. The molecule has 0 amide bonds. The van der Waals surface area contributed by atoms with Crippen LogP contribution >= 0.6 is 0 Å². The highest BCUT2D eigenvalue weighted by molar-refractivity contribution is 6.08. The number of rotatable bonds is 8. The second kappa shape index (κ2) is 11.6. The van der Waals surface area contributed by atoms with E-state index in [2.05, 4.69) is 6.92 Å². The van der Waals surface area contributed by atoms with Crippen LogP contribution in [0.15, 0.2) is 24.3 Å². The monoisotopic (exact) mass is 479 g/mol. The molecule has 0 bridgehead atoms. The number of aryl methyl sites for hydroxylation is 1. The van der Waals surface area contributed by atoms with Crippen molar-refractivity contribution in [2.45, 2.75) is 79.1 Å². The Labute approximate surface area is 208 Å². The van der Waals surface area contributed by atoms with Crippen LogP contribution in [0.3, 0.4) is 0 Å². The average Bonchev–Trinajstić information content (AvgIpc) is 2.83. The fourth-order valence-electron chi connectivity index (χ4n) is 4.75. The molecule has 0 atom stereocenters. The van der Waals surface area contributed by atoms with Gasteiger partial charge >= 0.3 is 6.16 Å². The van der Waals surface area contributed by atoms with Gasteiger partial charge in [-0.2, -0.15) is 0 Å². The van der Waals surface area contributed by atoms with Gasteiger partial charge in [0.1, 0.15) is 11.5 Å². The normalized spacial score (nSPS) is 17.8. The SMILES string of the molecule is COC(=O)Oc1c(C)c(C)nc(C(C)C)c1Cc1ccc(C(=O)CC(=O)C2CCC(C)CC2)cc1. The number of ketones is 2. The number of nitrogens with zero attached hydrogens (tertiary/aromatic N) is 1. The summed E-state index contributed by atoms with van der Waals surface area (Å²) in [4.78, 5) is 42.1. The minimum atomic E-state index is -0.771. The fourth-order valence-corrected chi connectivity index (χ4v) is 4.75. The molecular weight excluding hydrogens is 442 g/mol. The number of methoxy groups -OCH3 is 1. The van der Waals surface area contributed by atoms with Crippen LogP contribution < -0.4 is 4.74 Å². The quantitative estimate of drug-likeness (QED) is 0.243. The van der Waals surface area contributed by atoms with E-state index in [-0.39, 0.29) is 29.8 Å². The Kier molecular flexibility index (Phi) is 8.82. The second-order valence-electron chi connectivity index (χ2n) is 10.1. The molecule has 0 aliphatic heterocycles. The van der Waals surface area contributed by atoms with Gasteiger partial charge in [-0.1, -0.05) is 57.9 Å². The molecule has 0 saturated heterocycles. The molecule has 3 rings (SSSR count). The van der Waals surface area contributed by atoms with Crippen LogP contribution in [0, 0.1) is 25.7 Å². The Morgan fingerprint density at radius 2 is 1.66 bits per heavy atom. The van der Waals surface area contributed by atoms with Crippen LogP contribution in [-0.2, 0) is 16.0 Å². The van der Waals surface area contributed by atoms with Crippen molar-refractivity contribution in [2.75, 3.05) is 7.11 Å². The molecule has 0 spiro atoms. The first-order valence-electron chi connectivity index (χ1n) is 12.5. The summed E-state index contributed by atoms with van der Waals surface area (Å²) in [6.45, 7) is 10.1. The van der Waals surface area contributed by atoms with Crippen molar-refractivity contribution in [1.29, 1.82) is 0 Å². The smallest absolute Gasteiger partial charge is 0.437 e. The molecule has 188 valence electrons. The molecule has 0 radical (unpaired) electrons. The van der Waals surface area contributed by atoms with Crippen molar-refractivity contribution in [3.8, 4) is 5.75 Å². The molecule has 6 nitrogen and oxygen atoms in total. The van der Waals surface area contributed by atoms with Gasteiger partial charge < -0.3 is 9.47 Å². The zero-order valence-electron chi connectivity index (χ0n) is 21.8. The molecule has 1 fully saturated rings. The van der Waals surface area contributed by atoms with Gasteiger partial charge in [0.2, 0.25) is 0 Å². The van der Waals surface area contributed by atoms with Gasteiger partial charge in [-0.3, -0.25) is 14.6 Å². The van der Waals surface area contributed by atoms with E-state index in [1.807, 2.05) is 39.8 Å². The maximum Gasteiger partial charge on any atom is 0.513 e. The molecule has 0 N–H and O–H groups in total. The van der Waals surface area contributed by atoms with Gasteiger partial charge in [0, 0.05) is 34.7 Å². The summed E-state index contributed by atoms with van der Waals surface area (Å²) in [6.07, 6.45) is 3.59. The van der Waals surface area contributed by atoms with Crippen LogP contribution in [0.2, 0.25) is 0 Å². The van der Waals surface area contributed by atoms with E-state index in [9.17, 15) is 14.4 Å². The molecule has 1 aliphatic carbocycles. The Bertz CT molecular complexity index is 1080. The Hall–Kier alpha value is -3.02. The van der Waals surface area contributed by atoms with E-state index < -0.39 is 6.16 Å². The lowest BCUT2D eigenvalue weighted by Gasteiger charge is -2.24. The lowest BCUT2D eigenvalue weighted by atomic mass is 9.79. The van der Waals surface area contributed by atoms with E-state index in [1.165, 1.54) is 7.11 Å². The minimum Gasteiger partial charge on any atom is -0.437 e. The second-order valence-corrected chi connectivity index (χ2v) is 10.1. The molecule has 2 aromatic rings. The number of hydrogen-bond acceptors (Lipinski definition) is 6. The number of pyridine rings is 1. The average molecular weight is 480 g/mol. The van der Waals surface area contributed by atoms with Gasteiger partial charge in [-0.15, -0.1) is 0 Å². The largest absolute Gasteiger partial charge is 0.513 e. The van der Waals surface area contributed by atoms with Crippen molar-refractivity contribution in [3.63, 3.8) is 0 Å². The van der Waals surface area contributed by atoms with Crippen LogP contribution in [0.25, 0.3) is 0 Å². The predicted octanol–water partition coefficient (Wildman–Crippen LogP) is 6.53. The number of benzene rings is 1. The Balaban J connectivity index is 1.79. The van der Waals surface area contributed by atoms with E-state index in [0.717, 1.165) is 53.8 Å². The minimum absolute atomic E-state index is 0.0226. The highest BCUT2D eigenvalue weighted by Crippen LogP contribution is 2.34. The summed E-state index contributed by atoms with van der Waals surface area (Å²) in [5.74, 6) is 1.22. The third-order valence-corrected chi connectivity index (χ3v) is 7.12. The number of hydrogen-bond donors (Lipinski definition) is 0. The molecular formula is C29H37NO5. The number of aromatic nitrogens is 1. The van der Waals surface area contributed by atoms with E-state index >= 15 is 0 Å². The highest BCUT2D eigenvalue weighted by atomic mass is 16.7. The lowest BCUT2D eigenvalue weighted by molar-refractivity contribution is -0.123. The van der Waals surface area contributed by atoms with Gasteiger partial charge in [0.25, 0.3) is 0 Å². The van der Waals surface area contributed by atoms with E-state index in [1.54, 1.807) is 12.1 Å². The zero-order chi connectivity index (χ0) is 25.7. The summed E-state index contributed by atoms with van der Waals surface area (Å²) < 4.78 is 10.3. The van der Waals surface area contributed by atoms with E-state index in [0.29, 0.717) is 23.7 Å². The molecule has 1 heterocycles. The van der Waals surface area contributed by atoms with Crippen molar-refractivity contribution >= 4 is 17.7 Å². The molecule has 1 saturated carbocycles. The van der Waals surface area contributed by atoms with Crippen LogP contribution in [0.5, 0.6) is 5.75 Å². The summed E-state index contributed by atoms with van der Waals surface area (Å²) in [7, 11) is 1.28. The maximum atomic E-state index is 12.8. The van der Waals surface area contributed by atoms with Crippen molar-refractivity contribution in [3.05, 3.63) is 57.9 Å².